The van der Waals surface area contributed by atoms with E-state index in [9.17, 15) is 9.18 Å². The number of nitrogens with one attached hydrogen (secondary N) is 1. The molecule has 0 radical (unpaired) electrons. The van der Waals surface area contributed by atoms with Gasteiger partial charge in [-0.25, -0.2) is 4.39 Å². The lowest BCUT2D eigenvalue weighted by atomic mass is 10.2. The molecule has 1 heterocycles. The number of amides is 1. The van der Waals surface area contributed by atoms with Crippen LogP contribution in [-0.4, -0.2) is 5.91 Å². The SMILES string of the molecule is O=C(/C=C/c1ccc(Br)s1)NCc1ccccc1F. The first-order valence-electron chi connectivity index (χ1n) is 5.60. The Labute approximate surface area is 123 Å². The molecule has 0 atom stereocenters. The van der Waals surface area contributed by atoms with Crippen LogP contribution < -0.4 is 5.32 Å². The maximum atomic E-state index is 13.3. The topological polar surface area (TPSA) is 29.1 Å². The molecule has 0 saturated heterocycles. The molecule has 0 aliphatic rings. The second kappa shape index (κ2) is 6.63. The Kier molecular flexibility index (Phi) is 4.87. The summed E-state index contributed by atoms with van der Waals surface area (Å²) in [5.41, 5.74) is 0.475. The Morgan fingerprint density at radius 3 is 2.79 bits per heavy atom. The molecule has 1 aromatic heterocycles. The Bertz CT molecular complexity index is 609. The van der Waals surface area contributed by atoms with Crippen molar-refractivity contribution >= 4 is 39.2 Å². The fourth-order valence-electron chi connectivity index (χ4n) is 1.46. The van der Waals surface area contributed by atoms with Crippen molar-refractivity contribution in [2.45, 2.75) is 6.54 Å². The molecule has 0 aliphatic carbocycles. The van der Waals surface area contributed by atoms with Gasteiger partial charge in [-0.1, -0.05) is 18.2 Å². The van der Waals surface area contributed by atoms with E-state index in [1.165, 1.54) is 23.5 Å². The van der Waals surface area contributed by atoms with Crippen LogP contribution in [-0.2, 0) is 11.3 Å². The van der Waals surface area contributed by atoms with Gasteiger partial charge in [-0.15, -0.1) is 11.3 Å². The van der Waals surface area contributed by atoms with E-state index in [0.717, 1.165) is 8.66 Å². The molecular formula is C14H11BrFNOS. The zero-order valence-electron chi connectivity index (χ0n) is 9.90. The number of thiophene rings is 1. The molecular weight excluding hydrogens is 329 g/mol. The second-order valence-electron chi connectivity index (χ2n) is 3.78. The van der Waals surface area contributed by atoms with Crippen LogP contribution >= 0.6 is 27.3 Å². The van der Waals surface area contributed by atoms with Crippen molar-refractivity contribution in [2.24, 2.45) is 0 Å². The van der Waals surface area contributed by atoms with E-state index in [2.05, 4.69) is 21.2 Å². The number of carbonyl (C=O) groups excluding carboxylic acids is 1. The number of rotatable bonds is 4. The van der Waals surface area contributed by atoms with E-state index < -0.39 is 0 Å². The smallest absolute Gasteiger partial charge is 0.244 e. The monoisotopic (exact) mass is 339 g/mol. The summed E-state index contributed by atoms with van der Waals surface area (Å²) in [6.07, 6.45) is 3.17. The lowest BCUT2D eigenvalue weighted by molar-refractivity contribution is -0.116. The summed E-state index contributed by atoms with van der Waals surface area (Å²) in [5, 5.41) is 2.64. The fourth-order valence-corrected chi connectivity index (χ4v) is 2.79. The first kappa shape index (κ1) is 14.0. The van der Waals surface area contributed by atoms with Gasteiger partial charge >= 0.3 is 0 Å². The van der Waals surface area contributed by atoms with E-state index >= 15 is 0 Å². The maximum absolute atomic E-state index is 13.3. The minimum absolute atomic E-state index is 0.185. The first-order chi connectivity index (χ1) is 9.15. The van der Waals surface area contributed by atoms with Crippen LogP contribution in [0.3, 0.4) is 0 Å². The van der Waals surface area contributed by atoms with Gasteiger partial charge in [-0.2, -0.15) is 0 Å². The van der Waals surface area contributed by atoms with Gasteiger partial charge in [-0.3, -0.25) is 4.79 Å². The third-order valence-electron chi connectivity index (χ3n) is 2.40. The summed E-state index contributed by atoms with van der Waals surface area (Å²) in [7, 11) is 0. The van der Waals surface area contributed by atoms with Crippen molar-refractivity contribution in [1.82, 2.24) is 5.32 Å². The van der Waals surface area contributed by atoms with Crippen molar-refractivity contribution in [2.75, 3.05) is 0 Å². The Morgan fingerprint density at radius 2 is 2.11 bits per heavy atom. The molecule has 1 N–H and O–H groups in total. The molecule has 0 unspecified atom stereocenters. The fraction of sp³-hybridized carbons (Fsp3) is 0.0714. The highest BCUT2D eigenvalue weighted by Crippen LogP contribution is 2.22. The molecule has 2 aromatic rings. The molecule has 1 amide bonds. The summed E-state index contributed by atoms with van der Waals surface area (Å²) in [4.78, 5) is 12.6. The molecule has 98 valence electrons. The number of hydrogen-bond donors (Lipinski definition) is 1. The van der Waals surface area contributed by atoms with Gasteiger partial charge in [0.1, 0.15) is 5.82 Å². The summed E-state index contributed by atoms with van der Waals surface area (Å²) in [6.45, 7) is 0.185. The predicted molar refractivity (Wildman–Crippen MR) is 79.3 cm³/mol. The van der Waals surface area contributed by atoms with E-state index in [-0.39, 0.29) is 18.3 Å². The van der Waals surface area contributed by atoms with Gasteiger partial charge in [0.05, 0.1) is 3.79 Å². The highest BCUT2D eigenvalue weighted by Gasteiger charge is 2.02. The summed E-state index contributed by atoms with van der Waals surface area (Å²) >= 11 is 4.89. The summed E-state index contributed by atoms with van der Waals surface area (Å²) in [6, 6.07) is 10.2. The molecule has 0 saturated carbocycles. The molecule has 2 nitrogen and oxygen atoms in total. The number of halogens is 2. The lowest BCUT2D eigenvalue weighted by Gasteiger charge is -2.03. The quantitative estimate of drug-likeness (QED) is 0.838. The van der Waals surface area contributed by atoms with Gasteiger partial charge in [0.2, 0.25) is 5.91 Å². The summed E-state index contributed by atoms with van der Waals surface area (Å²) in [5.74, 6) is -0.554. The molecule has 1 aromatic carbocycles. The van der Waals surface area contributed by atoms with Crippen molar-refractivity contribution < 1.29 is 9.18 Å². The van der Waals surface area contributed by atoms with Gasteiger partial charge in [0.15, 0.2) is 0 Å². The van der Waals surface area contributed by atoms with Crippen molar-refractivity contribution in [3.63, 3.8) is 0 Å². The molecule has 0 spiro atoms. The van der Waals surface area contributed by atoms with Crippen LogP contribution in [0.2, 0.25) is 0 Å². The number of benzene rings is 1. The van der Waals surface area contributed by atoms with E-state index in [4.69, 9.17) is 0 Å². The van der Waals surface area contributed by atoms with E-state index in [0.29, 0.717) is 5.56 Å². The minimum atomic E-state index is -0.311. The standard InChI is InChI=1S/C14H11BrFNOS/c15-13-7-5-11(19-13)6-8-14(18)17-9-10-3-1-2-4-12(10)16/h1-8H,9H2,(H,17,18)/b8-6+. The highest BCUT2D eigenvalue weighted by atomic mass is 79.9. The molecule has 19 heavy (non-hydrogen) atoms. The molecule has 2 rings (SSSR count). The van der Waals surface area contributed by atoms with Crippen LogP contribution in [0.25, 0.3) is 6.08 Å². The van der Waals surface area contributed by atoms with E-state index in [1.54, 1.807) is 24.3 Å². The van der Waals surface area contributed by atoms with Crippen LogP contribution in [0, 0.1) is 5.82 Å². The minimum Gasteiger partial charge on any atom is -0.348 e. The van der Waals surface area contributed by atoms with Gasteiger partial charge in [0, 0.05) is 23.1 Å². The zero-order valence-corrected chi connectivity index (χ0v) is 12.3. The Morgan fingerprint density at radius 1 is 1.32 bits per heavy atom. The molecule has 0 fully saturated rings. The number of carbonyl (C=O) groups is 1. The van der Waals surface area contributed by atoms with Crippen molar-refractivity contribution in [3.05, 3.63) is 62.5 Å². The Balaban J connectivity index is 1.88. The van der Waals surface area contributed by atoms with Crippen molar-refractivity contribution in [1.29, 1.82) is 0 Å². The average molecular weight is 340 g/mol. The highest BCUT2D eigenvalue weighted by molar-refractivity contribution is 9.11. The van der Waals surface area contributed by atoms with Gasteiger partial charge in [-0.05, 0) is 40.2 Å². The van der Waals surface area contributed by atoms with Crippen molar-refractivity contribution in [3.8, 4) is 0 Å². The normalized spacial score (nSPS) is 10.8. The zero-order chi connectivity index (χ0) is 13.7. The Hall–Kier alpha value is -1.46. The van der Waals surface area contributed by atoms with Gasteiger partial charge in [0.25, 0.3) is 0 Å². The third kappa shape index (κ3) is 4.29. The maximum Gasteiger partial charge on any atom is 0.244 e. The first-order valence-corrected chi connectivity index (χ1v) is 7.21. The second-order valence-corrected chi connectivity index (χ2v) is 6.28. The summed E-state index contributed by atoms with van der Waals surface area (Å²) < 4.78 is 14.3. The van der Waals surface area contributed by atoms with Crippen LogP contribution in [0.15, 0.2) is 46.3 Å². The molecule has 0 aliphatic heterocycles. The third-order valence-corrected chi connectivity index (χ3v) is 3.99. The van der Waals surface area contributed by atoms with Crippen LogP contribution in [0.1, 0.15) is 10.4 Å². The predicted octanol–water partition coefficient (Wildman–Crippen LogP) is 3.98. The largest absolute Gasteiger partial charge is 0.348 e. The average Bonchev–Trinajstić information content (AvgIpc) is 2.81. The van der Waals surface area contributed by atoms with Crippen LogP contribution in [0.4, 0.5) is 4.39 Å². The molecule has 0 bridgehead atoms. The van der Waals surface area contributed by atoms with E-state index in [1.807, 2.05) is 12.1 Å². The van der Waals surface area contributed by atoms with Crippen LogP contribution in [0.5, 0.6) is 0 Å². The van der Waals surface area contributed by atoms with Gasteiger partial charge < -0.3 is 5.32 Å². The molecule has 5 heteroatoms. The lowest BCUT2D eigenvalue weighted by Crippen LogP contribution is -2.20. The number of hydrogen-bond acceptors (Lipinski definition) is 2.